The monoisotopic (exact) mass is 482 g/mol. The molecule has 1 aliphatic heterocycles. The Labute approximate surface area is 206 Å². The van der Waals surface area contributed by atoms with Crippen LogP contribution in [0, 0.1) is 0 Å². The number of ether oxygens (including phenoxy) is 3. The molecule has 1 aliphatic rings. The minimum atomic E-state index is -0.778. The molecule has 0 bridgehead atoms. The Morgan fingerprint density at radius 2 is 1.60 bits per heavy atom. The molecule has 0 aliphatic carbocycles. The van der Waals surface area contributed by atoms with Crippen molar-refractivity contribution in [3.05, 3.63) is 58.7 Å². The molecule has 0 radical (unpaired) electrons. The van der Waals surface area contributed by atoms with Crippen LogP contribution >= 0.6 is 0 Å². The highest BCUT2D eigenvalue weighted by Crippen LogP contribution is 2.42. The first-order valence-electron chi connectivity index (χ1n) is 11.5. The number of benzene rings is 2. The number of likely N-dealkylation sites (N-methyl/N-ethyl adjacent to an activating group) is 1. The number of rotatable bonds is 9. The first-order chi connectivity index (χ1) is 16.6. The number of nitrogens with zero attached hydrogens (tertiary/aromatic N) is 2. The number of aliphatic hydroxyl groups excluding tert-OH is 1. The Balaban J connectivity index is 2.22. The topological polar surface area (TPSA) is 88.5 Å². The fraction of sp³-hybridized carbons (Fsp3) is 0.407. The van der Waals surface area contributed by atoms with Gasteiger partial charge in [-0.3, -0.25) is 9.59 Å². The van der Waals surface area contributed by atoms with Crippen LogP contribution in [0.3, 0.4) is 0 Å². The van der Waals surface area contributed by atoms with Crippen molar-refractivity contribution in [2.24, 2.45) is 0 Å². The van der Waals surface area contributed by atoms with Crippen molar-refractivity contribution in [2.75, 3.05) is 48.5 Å². The summed E-state index contributed by atoms with van der Waals surface area (Å²) < 4.78 is 16.3. The molecule has 2 aromatic rings. The van der Waals surface area contributed by atoms with Crippen LogP contribution in [0.2, 0.25) is 0 Å². The van der Waals surface area contributed by atoms with Gasteiger partial charge in [-0.2, -0.15) is 0 Å². The van der Waals surface area contributed by atoms with Crippen molar-refractivity contribution in [2.45, 2.75) is 25.8 Å². The van der Waals surface area contributed by atoms with E-state index in [9.17, 15) is 14.7 Å². The minimum Gasteiger partial charge on any atom is -0.507 e. The van der Waals surface area contributed by atoms with Crippen molar-refractivity contribution in [1.82, 2.24) is 9.80 Å². The van der Waals surface area contributed by atoms with E-state index in [-0.39, 0.29) is 17.3 Å². The Kier molecular flexibility index (Phi) is 8.07. The summed E-state index contributed by atoms with van der Waals surface area (Å²) in [5.41, 5.74) is 2.02. The van der Waals surface area contributed by atoms with Gasteiger partial charge in [0.15, 0.2) is 11.5 Å². The second-order valence-electron chi connectivity index (χ2n) is 9.02. The van der Waals surface area contributed by atoms with Crippen molar-refractivity contribution >= 4 is 17.4 Å². The first-order valence-corrected chi connectivity index (χ1v) is 11.5. The maximum Gasteiger partial charge on any atom is 0.295 e. The smallest absolute Gasteiger partial charge is 0.295 e. The van der Waals surface area contributed by atoms with Crippen molar-refractivity contribution in [3.63, 3.8) is 0 Å². The number of ketones is 1. The molecule has 8 heteroatoms. The van der Waals surface area contributed by atoms with E-state index < -0.39 is 17.7 Å². The van der Waals surface area contributed by atoms with Gasteiger partial charge in [-0.15, -0.1) is 0 Å². The molecule has 1 amide bonds. The molecule has 35 heavy (non-hydrogen) atoms. The first kappa shape index (κ1) is 26.1. The second kappa shape index (κ2) is 10.8. The molecule has 1 saturated heterocycles. The summed E-state index contributed by atoms with van der Waals surface area (Å²) in [6.45, 7) is 4.90. The number of carbonyl (C=O) groups is 2. The normalized spacial score (nSPS) is 17.4. The highest BCUT2D eigenvalue weighted by molar-refractivity contribution is 6.46. The lowest BCUT2D eigenvalue weighted by Gasteiger charge is -2.27. The molecule has 1 atom stereocenters. The molecule has 0 saturated carbocycles. The summed E-state index contributed by atoms with van der Waals surface area (Å²) in [6, 6.07) is 9.72. The van der Waals surface area contributed by atoms with Crippen LogP contribution in [0.4, 0.5) is 0 Å². The average molecular weight is 483 g/mol. The third-order valence-corrected chi connectivity index (χ3v) is 6.18. The van der Waals surface area contributed by atoms with Crippen LogP contribution in [0.1, 0.15) is 42.5 Å². The van der Waals surface area contributed by atoms with E-state index in [1.165, 1.54) is 19.1 Å². The van der Waals surface area contributed by atoms with E-state index in [0.29, 0.717) is 41.5 Å². The molecule has 0 aromatic heterocycles. The van der Waals surface area contributed by atoms with Crippen LogP contribution in [0.5, 0.6) is 17.2 Å². The maximum atomic E-state index is 13.3. The van der Waals surface area contributed by atoms with Crippen LogP contribution in [0.15, 0.2) is 42.0 Å². The number of Topliss-reactive ketones (excluding diaryl/α,β-unsaturated/α-hetero) is 1. The van der Waals surface area contributed by atoms with E-state index in [0.717, 1.165) is 5.56 Å². The van der Waals surface area contributed by atoms with Crippen molar-refractivity contribution in [3.8, 4) is 17.2 Å². The molecule has 0 spiro atoms. The average Bonchev–Trinajstić information content (AvgIpc) is 3.10. The van der Waals surface area contributed by atoms with Gasteiger partial charge < -0.3 is 29.1 Å². The van der Waals surface area contributed by atoms with Gasteiger partial charge in [0.25, 0.3) is 11.7 Å². The number of aliphatic hydroxyl groups is 1. The molecule has 1 fully saturated rings. The SMILES string of the molecule is COc1ccc(C2/C(=C(\O)c3ccc(OC)c(C(C)C)c3)C(=O)C(=O)N2CCN(C)C)cc1OC. The van der Waals surface area contributed by atoms with Gasteiger partial charge in [0.05, 0.1) is 32.9 Å². The van der Waals surface area contributed by atoms with Gasteiger partial charge in [-0.1, -0.05) is 19.9 Å². The van der Waals surface area contributed by atoms with Gasteiger partial charge in [0.1, 0.15) is 11.5 Å². The predicted molar refractivity (Wildman–Crippen MR) is 134 cm³/mol. The zero-order valence-corrected chi connectivity index (χ0v) is 21.4. The number of hydrogen-bond acceptors (Lipinski definition) is 7. The van der Waals surface area contributed by atoms with Crippen LogP contribution < -0.4 is 14.2 Å². The van der Waals surface area contributed by atoms with E-state index in [2.05, 4.69) is 0 Å². The number of methoxy groups -OCH3 is 3. The molecule has 188 valence electrons. The second-order valence-corrected chi connectivity index (χ2v) is 9.02. The molecule has 1 N–H and O–H groups in total. The van der Waals surface area contributed by atoms with Gasteiger partial charge in [0.2, 0.25) is 0 Å². The minimum absolute atomic E-state index is 0.0425. The molecular formula is C27H34N2O6. The van der Waals surface area contributed by atoms with Crippen molar-refractivity contribution < 1.29 is 28.9 Å². The standard InChI is InChI=1S/C27H34N2O6/c1-16(2)19-14-18(9-10-20(19)33-5)25(30)23-24(17-8-11-21(34-6)22(15-17)35-7)29(13-12-28(3)4)27(32)26(23)31/h8-11,14-16,24,30H,12-13H2,1-7H3/b25-23+. The van der Waals surface area contributed by atoms with E-state index in [1.807, 2.05) is 32.8 Å². The number of amides is 1. The lowest BCUT2D eigenvalue weighted by Crippen LogP contribution is -2.35. The van der Waals surface area contributed by atoms with E-state index in [4.69, 9.17) is 14.2 Å². The number of likely N-dealkylation sites (tertiary alicyclic amines) is 1. The van der Waals surface area contributed by atoms with E-state index in [1.54, 1.807) is 43.5 Å². The summed E-state index contributed by atoms with van der Waals surface area (Å²) >= 11 is 0. The molecule has 8 nitrogen and oxygen atoms in total. The van der Waals surface area contributed by atoms with Gasteiger partial charge in [-0.25, -0.2) is 0 Å². The summed E-state index contributed by atoms with van der Waals surface area (Å²) in [4.78, 5) is 29.8. The Morgan fingerprint density at radius 1 is 0.971 bits per heavy atom. The molecule has 1 unspecified atom stereocenters. The fourth-order valence-corrected chi connectivity index (χ4v) is 4.28. The Morgan fingerprint density at radius 3 is 2.17 bits per heavy atom. The largest absolute Gasteiger partial charge is 0.507 e. The Hall–Kier alpha value is -3.52. The molecular weight excluding hydrogens is 448 g/mol. The number of carbonyl (C=O) groups excluding carboxylic acids is 2. The van der Waals surface area contributed by atoms with E-state index >= 15 is 0 Å². The zero-order chi connectivity index (χ0) is 25.9. The number of hydrogen-bond donors (Lipinski definition) is 1. The lowest BCUT2D eigenvalue weighted by atomic mass is 9.93. The molecule has 2 aromatic carbocycles. The van der Waals surface area contributed by atoms with Crippen LogP contribution in [-0.2, 0) is 9.59 Å². The predicted octanol–water partition coefficient (Wildman–Crippen LogP) is 3.82. The quantitative estimate of drug-likeness (QED) is 0.330. The zero-order valence-electron chi connectivity index (χ0n) is 21.4. The highest BCUT2D eigenvalue weighted by Gasteiger charge is 2.46. The van der Waals surface area contributed by atoms with Gasteiger partial charge >= 0.3 is 0 Å². The molecule has 3 rings (SSSR count). The maximum absolute atomic E-state index is 13.3. The van der Waals surface area contributed by atoms with Gasteiger partial charge in [-0.05, 0) is 61.5 Å². The third kappa shape index (κ3) is 5.12. The highest BCUT2D eigenvalue weighted by atomic mass is 16.5. The Bertz CT molecular complexity index is 1140. The fourth-order valence-electron chi connectivity index (χ4n) is 4.28. The summed E-state index contributed by atoms with van der Waals surface area (Å²) in [7, 11) is 8.44. The summed E-state index contributed by atoms with van der Waals surface area (Å²) in [5, 5.41) is 11.4. The van der Waals surface area contributed by atoms with Crippen LogP contribution in [0.25, 0.3) is 5.76 Å². The van der Waals surface area contributed by atoms with Crippen molar-refractivity contribution in [1.29, 1.82) is 0 Å². The summed E-state index contributed by atoms with van der Waals surface area (Å²) in [6.07, 6.45) is 0. The lowest BCUT2D eigenvalue weighted by molar-refractivity contribution is -0.140. The van der Waals surface area contributed by atoms with Gasteiger partial charge in [0, 0.05) is 18.7 Å². The summed E-state index contributed by atoms with van der Waals surface area (Å²) in [5.74, 6) is 0.225. The third-order valence-electron chi connectivity index (χ3n) is 6.18. The van der Waals surface area contributed by atoms with Crippen LogP contribution in [-0.4, -0.2) is 75.1 Å². The molecule has 1 heterocycles.